The number of hydrogen-bond acceptors (Lipinski definition) is 2. The zero-order chi connectivity index (χ0) is 18.5. The molecular weight excluding hydrogens is 388 g/mol. The van der Waals surface area contributed by atoms with Crippen LogP contribution in [0.4, 0.5) is 0 Å². The lowest BCUT2D eigenvalue weighted by molar-refractivity contribution is -0.123. The maximum absolute atomic E-state index is 12.4. The average molecular weight is 425 g/mol. The molecule has 0 spiro atoms. The minimum Gasteiger partial charge on any atom is -0.390 e. The molecule has 0 aromatic carbocycles. The Hall–Kier alpha value is 0.110. The predicted molar refractivity (Wildman–Crippen MR) is 109 cm³/mol. The Balaban J connectivity index is 1.52. The fraction of sp³-hybridized carbons (Fsp3) is 0.957. The van der Waals surface area contributed by atoms with Gasteiger partial charge in [0.25, 0.3) is 0 Å². The van der Waals surface area contributed by atoms with Crippen LogP contribution in [0.3, 0.4) is 0 Å². The van der Waals surface area contributed by atoms with E-state index in [-0.39, 0.29) is 0 Å². The van der Waals surface area contributed by atoms with Crippen LogP contribution in [0.5, 0.6) is 0 Å². The summed E-state index contributed by atoms with van der Waals surface area (Å²) in [4.78, 5) is 12.4. The fourth-order valence-corrected chi connectivity index (χ4v) is 8.38. The van der Waals surface area contributed by atoms with Crippen LogP contribution in [0.2, 0.25) is 0 Å². The molecule has 8 atom stereocenters. The van der Waals surface area contributed by atoms with Gasteiger partial charge in [0.15, 0.2) is 0 Å². The van der Waals surface area contributed by atoms with E-state index in [1.54, 1.807) is 0 Å². The number of ketones is 1. The molecule has 4 saturated carbocycles. The number of Topliss-reactive ketones (excluding diaryl/α,β-unsaturated/α-hetero) is 1. The molecule has 4 aliphatic rings. The van der Waals surface area contributed by atoms with Crippen molar-refractivity contribution in [3.63, 3.8) is 0 Å². The van der Waals surface area contributed by atoms with Crippen LogP contribution in [0.1, 0.15) is 84.5 Å². The number of aliphatic hydroxyl groups is 1. The normalized spacial score (nSPS) is 51.5. The lowest BCUT2D eigenvalue weighted by Gasteiger charge is -2.57. The van der Waals surface area contributed by atoms with E-state index in [0.717, 1.165) is 55.3 Å². The first-order valence-corrected chi connectivity index (χ1v) is 12.3. The first-order valence-electron chi connectivity index (χ1n) is 11.1. The lowest BCUT2D eigenvalue weighted by Crippen LogP contribution is -2.50. The van der Waals surface area contributed by atoms with E-state index in [9.17, 15) is 9.90 Å². The second-order valence-corrected chi connectivity index (χ2v) is 11.4. The van der Waals surface area contributed by atoms with E-state index in [4.69, 9.17) is 0 Å². The molecule has 1 N–H and O–H groups in total. The van der Waals surface area contributed by atoms with Gasteiger partial charge < -0.3 is 5.11 Å². The van der Waals surface area contributed by atoms with Crippen molar-refractivity contribution < 1.29 is 9.90 Å². The number of carbonyl (C=O) groups is 1. The molecule has 0 aliphatic heterocycles. The molecule has 2 nitrogen and oxygen atoms in total. The van der Waals surface area contributed by atoms with Gasteiger partial charge in [-0.1, -0.05) is 29.3 Å². The topological polar surface area (TPSA) is 37.3 Å². The van der Waals surface area contributed by atoms with E-state index in [0.29, 0.717) is 22.4 Å². The van der Waals surface area contributed by atoms with Crippen LogP contribution in [0.15, 0.2) is 0 Å². The second kappa shape index (κ2) is 7.17. The van der Waals surface area contributed by atoms with Crippen LogP contribution < -0.4 is 0 Å². The Bertz CT molecular complexity index is 544. The first-order chi connectivity index (χ1) is 12.3. The van der Waals surface area contributed by atoms with Gasteiger partial charge in [-0.2, -0.15) is 0 Å². The molecule has 4 fully saturated rings. The van der Waals surface area contributed by atoms with Gasteiger partial charge in [0.2, 0.25) is 0 Å². The SMILES string of the molecule is C[C@@]1(O)CC[C@H]2[C@H](CC[C@@H]3[C@@H]2CC[C@]2(C)CC(C(=O)CBr)CCC[C@@H]32)C1. The summed E-state index contributed by atoms with van der Waals surface area (Å²) in [6.45, 7) is 4.57. The molecule has 4 rings (SSSR count). The summed E-state index contributed by atoms with van der Waals surface area (Å²) < 4.78 is 0. The maximum atomic E-state index is 12.4. The molecule has 0 amide bonds. The Morgan fingerprint density at radius 3 is 2.50 bits per heavy atom. The third-order valence-electron chi connectivity index (χ3n) is 9.12. The van der Waals surface area contributed by atoms with Crippen molar-refractivity contribution in [3.8, 4) is 0 Å². The number of rotatable bonds is 2. The van der Waals surface area contributed by atoms with Crippen molar-refractivity contribution in [2.24, 2.45) is 40.9 Å². The molecule has 0 radical (unpaired) electrons. The molecule has 0 bridgehead atoms. The smallest absolute Gasteiger partial charge is 0.146 e. The molecule has 26 heavy (non-hydrogen) atoms. The summed E-state index contributed by atoms with van der Waals surface area (Å²) in [5, 5.41) is 11.1. The molecule has 0 heterocycles. The monoisotopic (exact) mass is 424 g/mol. The minimum atomic E-state index is -0.414. The van der Waals surface area contributed by atoms with Crippen LogP contribution in [-0.4, -0.2) is 21.8 Å². The van der Waals surface area contributed by atoms with Gasteiger partial charge in [-0.3, -0.25) is 4.79 Å². The highest BCUT2D eigenvalue weighted by molar-refractivity contribution is 9.09. The molecule has 148 valence electrons. The van der Waals surface area contributed by atoms with Crippen LogP contribution in [-0.2, 0) is 4.79 Å². The number of hydrogen-bond donors (Lipinski definition) is 1. The number of halogens is 1. The fourth-order valence-electron chi connectivity index (χ4n) is 7.92. The van der Waals surface area contributed by atoms with E-state index >= 15 is 0 Å². The highest BCUT2D eigenvalue weighted by Gasteiger charge is 2.54. The third kappa shape index (κ3) is 3.45. The van der Waals surface area contributed by atoms with E-state index < -0.39 is 5.60 Å². The van der Waals surface area contributed by atoms with Crippen LogP contribution >= 0.6 is 15.9 Å². The molecule has 1 unspecified atom stereocenters. The summed E-state index contributed by atoms with van der Waals surface area (Å²) >= 11 is 3.41. The number of alkyl halides is 1. The summed E-state index contributed by atoms with van der Waals surface area (Å²) in [6, 6.07) is 0. The summed E-state index contributed by atoms with van der Waals surface area (Å²) in [5.74, 6) is 4.97. The predicted octanol–water partition coefficient (Wildman–Crippen LogP) is 5.75. The van der Waals surface area contributed by atoms with Gasteiger partial charge >= 0.3 is 0 Å². The largest absolute Gasteiger partial charge is 0.390 e. The Morgan fingerprint density at radius 2 is 1.73 bits per heavy atom. The zero-order valence-electron chi connectivity index (χ0n) is 16.7. The molecule has 4 aliphatic carbocycles. The van der Waals surface area contributed by atoms with Crippen molar-refractivity contribution in [2.45, 2.75) is 90.1 Å². The Kier molecular flexibility index (Phi) is 5.36. The van der Waals surface area contributed by atoms with Crippen molar-refractivity contribution in [1.29, 1.82) is 0 Å². The van der Waals surface area contributed by atoms with Crippen molar-refractivity contribution in [3.05, 3.63) is 0 Å². The quantitative estimate of drug-likeness (QED) is 0.572. The highest BCUT2D eigenvalue weighted by Crippen LogP contribution is 2.61. The van der Waals surface area contributed by atoms with Crippen LogP contribution in [0.25, 0.3) is 0 Å². The average Bonchev–Trinajstić information content (AvgIpc) is 2.78. The van der Waals surface area contributed by atoms with E-state index in [2.05, 4.69) is 29.8 Å². The number of fused-ring (bicyclic) bond motifs is 5. The van der Waals surface area contributed by atoms with Gasteiger partial charge in [0, 0.05) is 5.92 Å². The lowest BCUT2D eigenvalue weighted by atomic mass is 9.48. The summed E-state index contributed by atoms with van der Waals surface area (Å²) in [5.41, 5.74) is -0.0318. The van der Waals surface area contributed by atoms with Crippen molar-refractivity contribution in [2.75, 3.05) is 5.33 Å². The van der Waals surface area contributed by atoms with Crippen molar-refractivity contribution >= 4 is 21.7 Å². The van der Waals surface area contributed by atoms with Gasteiger partial charge in [-0.05, 0) is 106 Å². The first kappa shape index (κ1) is 19.4. The standard InChI is InChI=1S/C23H37BrO2/c1-22-10-8-18-17-9-11-23(2,26)13-15(17)6-7-19(18)20(22)5-3-4-16(12-22)21(25)14-24/h15-20,26H,3-14H2,1-2H3/t15-,16?,17+,18-,19-,20+,22-,23-/m1/s1. The van der Waals surface area contributed by atoms with E-state index in [1.807, 2.05) is 0 Å². The van der Waals surface area contributed by atoms with E-state index in [1.165, 1.54) is 44.9 Å². The minimum absolute atomic E-state index is 0.294. The maximum Gasteiger partial charge on any atom is 0.146 e. The molecular formula is C23H37BrO2. The summed E-state index contributed by atoms with van der Waals surface area (Å²) in [7, 11) is 0. The highest BCUT2D eigenvalue weighted by atomic mass is 79.9. The zero-order valence-corrected chi connectivity index (χ0v) is 18.3. The number of carbonyl (C=O) groups excluding carboxylic acids is 1. The van der Waals surface area contributed by atoms with Gasteiger partial charge in [0.05, 0.1) is 10.9 Å². The summed E-state index contributed by atoms with van der Waals surface area (Å²) in [6.07, 6.45) is 13.5. The Morgan fingerprint density at radius 1 is 0.962 bits per heavy atom. The van der Waals surface area contributed by atoms with Crippen LogP contribution in [0, 0.1) is 40.9 Å². The third-order valence-corrected chi connectivity index (χ3v) is 9.68. The molecule has 0 aromatic rings. The van der Waals surface area contributed by atoms with Gasteiger partial charge in [-0.15, -0.1) is 0 Å². The molecule has 0 aromatic heterocycles. The Labute approximate surface area is 168 Å². The van der Waals surface area contributed by atoms with Gasteiger partial charge in [-0.25, -0.2) is 0 Å². The van der Waals surface area contributed by atoms with Gasteiger partial charge in [0.1, 0.15) is 5.78 Å². The van der Waals surface area contributed by atoms with Crippen molar-refractivity contribution in [1.82, 2.24) is 0 Å². The molecule has 3 heteroatoms. The molecule has 0 saturated heterocycles. The second-order valence-electron chi connectivity index (χ2n) is 10.8.